The van der Waals surface area contributed by atoms with E-state index in [1.807, 2.05) is 32.9 Å². The molecule has 7 heteroatoms. The number of benzene rings is 1. The van der Waals surface area contributed by atoms with Gasteiger partial charge < -0.3 is 20.9 Å². The Hall–Kier alpha value is -2.41. The molecule has 1 rings (SSSR count). The summed E-state index contributed by atoms with van der Waals surface area (Å²) in [7, 11) is 3.40. The van der Waals surface area contributed by atoms with Crippen molar-refractivity contribution in [2.24, 2.45) is 11.7 Å². The molecule has 0 radical (unpaired) electrons. The van der Waals surface area contributed by atoms with Gasteiger partial charge in [-0.25, -0.2) is 0 Å². The second kappa shape index (κ2) is 9.91. The largest absolute Gasteiger partial charge is 0.346 e. The van der Waals surface area contributed by atoms with Crippen LogP contribution in [0.15, 0.2) is 24.3 Å². The van der Waals surface area contributed by atoms with E-state index in [9.17, 15) is 14.4 Å². The zero-order valence-electron chi connectivity index (χ0n) is 16.3. The molecule has 0 spiro atoms. The van der Waals surface area contributed by atoms with Crippen LogP contribution >= 0.6 is 0 Å². The molecule has 0 aromatic heterocycles. The molecule has 0 bridgehead atoms. The Morgan fingerprint density at radius 3 is 2.15 bits per heavy atom. The van der Waals surface area contributed by atoms with Gasteiger partial charge in [0.2, 0.25) is 11.8 Å². The zero-order valence-corrected chi connectivity index (χ0v) is 16.3. The smallest absolute Gasteiger partial charge is 0.253 e. The number of nitrogens with one attached hydrogen (secondary N) is 1. The van der Waals surface area contributed by atoms with Gasteiger partial charge in [-0.15, -0.1) is 0 Å². The topological polar surface area (TPSA) is 95.7 Å². The van der Waals surface area contributed by atoms with Crippen LogP contribution < -0.4 is 11.1 Å². The SMILES string of the molecule is CCN(Cc1ccc(C(=O)N(C)C)cc1)C(=O)CNC(=O)[C@@H](N)C(C)C. The Bertz CT molecular complexity index is 626. The minimum Gasteiger partial charge on any atom is -0.346 e. The van der Waals surface area contributed by atoms with Crippen LogP contribution in [-0.2, 0) is 16.1 Å². The molecule has 3 amide bonds. The summed E-state index contributed by atoms with van der Waals surface area (Å²) in [5.74, 6) is -0.554. The van der Waals surface area contributed by atoms with E-state index in [1.54, 1.807) is 31.1 Å². The zero-order chi connectivity index (χ0) is 19.9. The number of carbonyl (C=O) groups is 3. The van der Waals surface area contributed by atoms with Crippen molar-refractivity contribution in [3.05, 3.63) is 35.4 Å². The third-order valence-corrected chi connectivity index (χ3v) is 4.15. The van der Waals surface area contributed by atoms with E-state index in [0.29, 0.717) is 18.7 Å². The second-order valence-corrected chi connectivity index (χ2v) is 6.79. The second-order valence-electron chi connectivity index (χ2n) is 6.79. The molecule has 3 N–H and O–H groups in total. The average molecular weight is 362 g/mol. The minimum absolute atomic E-state index is 0.00997. The maximum Gasteiger partial charge on any atom is 0.253 e. The fraction of sp³-hybridized carbons (Fsp3) is 0.526. The summed E-state index contributed by atoms with van der Waals surface area (Å²) < 4.78 is 0. The van der Waals surface area contributed by atoms with E-state index in [-0.39, 0.29) is 30.2 Å². The molecule has 0 saturated carbocycles. The number of nitrogens with zero attached hydrogens (tertiary/aromatic N) is 2. The summed E-state index contributed by atoms with van der Waals surface area (Å²) in [5, 5.41) is 2.60. The van der Waals surface area contributed by atoms with E-state index >= 15 is 0 Å². The number of hydrogen-bond acceptors (Lipinski definition) is 4. The van der Waals surface area contributed by atoms with Crippen LogP contribution in [0.5, 0.6) is 0 Å². The highest BCUT2D eigenvalue weighted by Gasteiger charge is 2.19. The summed E-state index contributed by atoms with van der Waals surface area (Å²) in [4.78, 5) is 39.3. The highest BCUT2D eigenvalue weighted by molar-refractivity contribution is 5.93. The molecule has 0 saturated heterocycles. The van der Waals surface area contributed by atoms with Gasteiger partial charge in [-0.3, -0.25) is 14.4 Å². The Balaban J connectivity index is 2.64. The molecular weight excluding hydrogens is 332 g/mol. The van der Waals surface area contributed by atoms with Crippen molar-refractivity contribution in [3.8, 4) is 0 Å². The monoisotopic (exact) mass is 362 g/mol. The van der Waals surface area contributed by atoms with Gasteiger partial charge in [0.1, 0.15) is 0 Å². The maximum atomic E-state index is 12.3. The summed E-state index contributed by atoms with van der Waals surface area (Å²) in [6, 6.07) is 6.54. The van der Waals surface area contributed by atoms with E-state index in [4.69, 9.17) is 5.73 Å². The highest BCUT2D eigenvalue weighted by Crippen LogP contribution is 2.09. The van der Waals surface area contributed by atoms with Crippen LogP contribution in [0, 0.1) is 5.92 Å². The van der Waals surface area contributed by atoms with Crippen molar-refractivity contribution < 1.29 is 14.4 Å². The Kier molecular flexibility index (Phi) is 8.25. The number of amides is 3. The lowest BCUT2D eigenvalue weighted by molar-refractivity contribution is -0.133. The summed E-state index contributed by atoms with van der Waals surface area (Å²) >= 11 is 0. The standard InChI is InChI=1S/C19H30N4O3/c1-6-23(16(24)11-21-18(25)17(20)13(2)3)12-14-7-9-15(10-8-14)19(26)22(4)5/h7-10,13,17H,6,11-12,20H2,1-5H3,(H,21,25)/t17-/m0/s1. The van der Waals surface area contributed by atoms with E-state index in [0.717, 1.165) is 5.56 Å². The van der Waals surface area contributed by atoms with Gasteiger partial charge in [0.25, 0.3) is 5.91 Å². The Morgan fingerprint density at radius 1 is 1.12 bits per heavy atom. The van der Waals surface area contributed by atoms with Gasteiger partial charge >= 0.3 is 0 Å². The average Bonchev–Trinajstić information content (AvgIpc) is 2.62. The summed E-state index contributed by atoms with van der Waals surface area (Å²) in [5.41, 5.74) is 7.29. The van der Waals surface area contributed by atoms with Crippen molar-refractivity contribution in [2.75, 3.05) is 27.2 Å². The number of likely N-dealkylation sites (N-methyl/N-ethyl adjacent to an activating group) is 1. The Labute approximate surface area is 155 Å². The van der Waals surface area contributed by atoms with Crippen LogP contribution in [0.3, 0.4) is 0 Å². The van der Waals surface area contributed by atoms with Crippen LogP contribution in [0.2, 0.25) is 0 Å². The van der Waals surface area contributed by atoms with Crippen LogP contribution in [0.1, 0.15) is 36.7 Å². The van der Waals surface area contributed by atoms with E-state index < -0.39 is 6.04 Å². The molecule has 0 aliphatic heterocycles. The molecule has 0 fully saturated rings. The van der Waals surface area contributed by atoms with Crippen molar-refractivity contribution in [2.45, 2.75) is 33.4 Å². The lowest BCUT2D eigenvalue weighted by Gasteiger charge is -2.22. The van der Waals surface area contributed by atoms with Crippen LogP contribution in [-0.4, -0.2) is 60.7 Å². The van der Waals surface area contributed by atoms with Crippen molar-refractivity contribution in [3.63, 3.8) is 0 Å². The normalized spacial score (nSPS) is 11.8. The quantitative estimate of drug-likeness (QED) is 0.716. The fourth-order valence-electron chi connectivity index (χ4n) is 2.30. The highest BCUT2D eigenvalue weighted by atomic mass is 16.2. The number of rotatable bonds is 8. The number of hydrogen-bond donors (Lipinski definition) is 2. The molecule has 0 heterocycles. The predicted octanol–water partition coefficient (Wildman–Crippen LogP) is 0.836. The Morgan fingerprint density at radius 2 is 1.69 bits per heavy atom. The van der Waals surface area contributed by atoms with Gasteiger partial charge in [-0.2, -0.15) is 0 Å². The lowest BCUT2D eigenvalue weighted by atomic mass is 10.1. The van der Waals surface area contributed by atoms with Gasteiger partial charge in [-0.05, 0) is 30.5 Å². The molecule has 26 heavy (non-hydrogen) atoms. The molecule has 144 valence electrons. The van der Waals surface area contributed by atoms with Crippen molar-refractivity contribution in [1.29, 1.82) is 0 Å². The van der Waals surface area contributed by atoms with Crippen molar-refractivity contribution >= 4 is 17.7 Å². The summed E-state index contributed by atoms with van der Waals surface area (Å²) in [6.07, 6.45) is 0. The summed E-state index contributed by atoms with van der Waals surface area (Å²) in [6.45, 7) is 6.44. The van der Waals surface area contributed by atoms with Crippen molar-refractivity contribution in [1.82, 2.24) is 15.1 Å². The van der Waals surface area contributed by atoms with Gasteiger partial charge in [0, 0.05) is 32.7 Å². The van der Waals surface area contributed by atoms with E-state index in [2.05, 4.69) is 5.32 Å². The lowest BCUT2D eigenvalue weighted by Crippen LogP contribution is -2.47. The molecule has 1 aromatic rings. The molecule has 0 aliphatic rings. The minimum atomic E-state index is -0.625. The first-order chi connectivity index (χ1) is 12.2. The van der Waals surface area contributed by atoms with Gasteiger partial charge in [-0.1, -0.05) is 26.0 Å². The van der Waals surface area contributed by atoms with E-state index in [1.165, 1.54) is 4.90 Å². The molecule has 0 aliphatic carbocycles. The molecular formula is C19H30N4O3. The van der Waals surface area contributed by atoms with Crippen LogP contribution in [0.4, 0.5) is 0 Å². The third-order valence-electron chi connectivity index (χ3n) is 4.15. The molecule has 0 unspecified atom stereocenters. The van der Waals surface area contributed by atoms with Gasteiger partial charge in [0.15, 0.2) is 0 Å². The van der Waals surface area contributed by atoms with Crippen LogP contribution in [0.25, 0.3) is 0 Å². The first kappa shape index (κ1) is 21.6. The molecule has 1 aromatic carbocycles. The first-order valence-corrected chi connectivity index (χ1v) is 8.79. The molecule has 1 atom stereocenters. The predicted molar refractivity (Wildman–Crippen MR) is 101 cm³/mol. The maximum absolute atomic E-state index is 12.3. The van der Waals surface area contributed by atoms with Gasteiger partial charge in [0.05, 0.1) is 12.6 Å². The number of carbonyl (C=O) groups excluding carboxylic acids is 3. The fourth-order valence-corrected chi connectivity index (χ4v) is 2.30. The number of nitrogens with two attached hydrogens (primary N) is 1. The first-order valence-electron chi connectivity index (χ1n) is 8.79. The molecule has 7 nitrogen and oxygen atoms in total. The third kappa shape index (κ3) is 6.15.